The summed E-state index contributed by atoms with van der Waals surface area (Å²) in [5, 5.41) is 7.08. The fourth-order valence-electron chi connectivity index (χ4n) is 2.88. The molecule has 0 unspecified atom stereocenters. The number of hydrogen-bond donors (Lipinski definition) is 1. The fraction of sp³-hybridized carbons (Fsp3) is 0.294. The van der Waals surface area contributed by atoms with Crippen molar-refractivity contribution >= 4 is 23.1 Å². The van der Waals surface area contributed by atoms with Crippen LogP contribution in [0.3, 0.4) is 0 Å². The number of anilines is 2. The van der Waals surface area contributed by atoms with Crippen LogP contribution < -0.4 is 15.0 Å². The van der Waals surface area contributed by atoms with Crippen LogP contribution in [0.4, 0.5) is 11.4 Å². The van der Waals surface area contributed by atoms with Gasteiger partial charge in [0.1, 0.15) is 12.4 Å². The Labute approximate surface area is 144 Å². The maximum atomic E-state index is 12.5. The van der Waals surface area contributed by atoms with Crippen LogP contribution in [-0.2, 0) is 0 Å². The average Bonchev–Trinajstić information content (AvgIpc) is 3.00. The number of benzene rings is 1. The highest BCUT2D eigenvalue weighted by atomic mass is 16.5. The summed E-state index contributed by atoms with van der Waals surface area (Å²) in [4.78, 5) is 23.1. The zero-order valence-corrected chi connectivity index (χ0v) is 14.3. The minimum absolute atomic E-state index is 0.0866. The maximum Gasteiger partial charge on any atom is 0.295 e. The summed E-state index contributed by atoms with van der Waals surface area (Å²) < 4.78 is 7.18. The number of fused-ring (bicyclic) bond motifs is 2. The molecule has 8 nitrogen and oxygen atoms in total. The second kappa shape index (κ2) is 5.73. The predicted molar refractivity (Wildman–Crippen MR) is 93.4 cm³/mol. The van der Waals surface area contributed by atoms with Crippen molar-refractivity contribution < 1.29 is 9.53 Å². The Kier molecular flexibility index (Phi) is 3.52. The molecule has 8 heteroatoms. The van der Waals surface area contributed by atoms with Crippen molar-refractivity contribution in [2.45, 2.75) is 13.8 Å². The first-order chi connectivity index (χ1) is 12.0. The monoisotopic (exact) mass is 338 g/mol. The van der Waals surface area contributed by atoms with Gasteiger partial charge < -0.3 is 15.0 Å². The Balaban J connectivity index is 1.62. The molecule has 2 aromatic heterocycles. The van der Waals surface area contributed by atoms with Crippen LogP contribution in [0, 0.1) is 13.8 Å². The summed E-state index contributed by atoms with van der Waals surface area (Å²) in [6, 6.07) is 7.44. The molecule has 3 aromatic rings. The molecule has 0 spiro atoms. The predicted octanol–water partition coefficient (Wildman–Crippen LogP) is 1.82. The third-order valence-corrected chi connectivity index (χ3v) is 4.13. The van der Waals surface area contributed by atoms with Gasteiger partial charge in [-0.1, -0.05) is 0 Å². The number of nitrogens with one attached hydrogen (secondary N) is 1. The lowest BCUT2D eigenvalue weighted by atomic mass is 10.2. The van der Waals surface area contributed by atoms with Crippen LogP contribution in [0.5, 0.6) is 5.75 Å². The second-order valence-corrected chi connectivity index (χ2v) is 6.09. The molecule has 25 heavy (non-hydrogen) atoms. The minimum Gasteiger partial charge on any atom is -0.490 e. The van der Waals surface area contributed by atoms with Crippen molar-refractivity contribution in [1.82, 2.24) is 19.6 Å². The van der Waals surface area contributed by atoms with Gasteiger partial charge in [0.2, 0.25) is 5.82 Å². The van der Waals surface area contributed by atoms with E-state index in [1.807, 2.05) is 39.1 Å². The van der Waals surface area contributed by atoms with Gasteiger partial charge in [-0.3, -0.25) is 4.79 Å². The van der Waals surface area contributed by atoms with Gasteiger partial charge in [-0.05, 0) is 38.1 Å². The number of hydrogen-bond acceptors (Lipinski definition) is 6. The largest absolute Gasteiger partial charge is 0.490 e. The first-order valence-electron chi connectivity index (χ1n) is 8.01. The van der Waals surface area contributed by atoms with E-state index in [2.05, 4.69) is 25.3 Å². The molecular formula is C17H18N6O2. The van der Waals surface area contributed by atoms with Gasteiger partial charge >= 0.3 is 0 Å². The van der Waals surface area contributed by atoms with Gasteiger partial charge in [0, 0.05) is 24.1 Å². The van der Waals surface area contributed by atoms with E-state index in [9.17, 15) is 4.79 Å². The molecule has 0 bridgehead atoms. The van der Waals surface area contributed by atoms with Crippen LogP contribution in [0.15, 0.2) is 24.3 Å². The number of aryl methyl sites for hydroxylation is 2. The number of aromatic nitrogens is 4. The molecular weight excluding hydrogens is 320 g/mol. The van der Waals surface area contributed by atoms with Crippen LogP contribution >= 0.6 is 0 Å². The minimum atomic E-state index is -0.373. The maximum absolute atomic E-state index is 12.5. The molecule has 1 amide bonds. The first-order valence-corrected chi connectivity index (χ1v) is 8.01. The molecule has 1 aliphatic heterocycles. The molecule has 3 heterocycles. The third kappa shape index (κ3) is 2.75. The molecule has 1 aromatic carbocycles. The molecule has 1 aliphatic rings. The van der Waals surface area contributed by atoms with Crippen molar-refractivity contribution in [2.24, 2.45) is 0 Å². The lowest BCUT2D eigenvalue weighted by molar-refractivity contribution is 0.101. The standard InChI is InChI=1S/C17H18N6O2/c1-10-8-11(2)23-17(18-10)20-15(21-23)16(24)19-12-4-5-14-13(9-12)22(3)6-7-25-14/h4-5,8-9H,6-7H2,1-3H3,(H,19,24). The lowest BCUT2D eigenvalue weighted by Gasteiger charge is -2.28. The first kappa shape index (κ1) is 15.4. The molecule has 0 saturated heterocycles. The Hall–Kier alpha value is -3.16. The van der Waals surface area contributed by atoms with Gasteiger partial charge in [-0.15, -0.1) is 5.10 Å². The average molecular weight is 338 g/mol. The van der Waals surface area contributed by atoms with E-state index in [0.717, 1.165) is 29.4 Å². The number of likely N-dealkylation sites (N-methyl/N-ethyl adjacent to an activating group) is 1. The van der Waals surface area contributed by atoms with E-state index in [0.29, 0.717) is 18.1 Å². The normalized spacial score (nSPS) is 13.5. The van der Waals surface area contributed by atoms with Crippen molar-refractivity contribution in [1.29, 1.82) is 0 Å². The van der Waals surface area contributed by atoms with Crippen molar-refractivity contribution in [3.8, 4) is 5.75 Å². The summed E-state index contributed by atoms with van der Waals surface area (Å²) in [6.07, 6.45) is 0. The van der Waals surface area contributed by atoms with Crippen LogP contribution in [0.25, 0.3) is 5.78 Å². The molecule has 0 saturated carbocycles. The second-order valence-electron chi connectivity index (χ2n) is 6.09. The molecule has 1 N–H and O–H groups in total. The summed E-state index contributed by atoms with van der Waals surface area (Å²) in [7, 11) is 1.99. The zero-order valence-electron chi connectivity index (χ0n) is 14.3. The molecule has 0 atom stereocenters. The van der Waals surface area contributed by atoms with Gasteiger partial charge in [-0.2, -0.15) is 4.98 Å². The number of carbonyl (C=O) groups excluding carboxylic acids is 1. The van der Waals surface area contributed by atoms with Crippen molar-refractivity contribution in [3.05, 3.63) is 41.5 Å². The molecule has 128 valence electrons. The Morgan fingerprint density at radius 2 is 2.08 bits per heavy atom. The summed E-state index contributed by atoms with van der Waals surface area (Å²) in [6.45, 7) is 5.25. The topological polar surface area (TPSA) is 84.7 Å². The summed E-state index contributed by atoms with van der Waals surface area (Å²) in [5.74, 6) is 0.944. The van der Waals surface area contributed by atoms with E-state index >= 15 is 0 Å². The molecule has 0 aliphatic carbocycles. The summed E-state index contributed by atoms with van der Waals surface area (Å²) in [5.41, 5.74) is 3.32. The number of nitrogens with zero attached hydrogens (tertiary/aromatic N) is 5. The Bertz CT molecular complexity index is 981. The highest BCUT2D eigenvalue weighted by Crippen LogP contribution is 2.33. The number of amides is 1. The summed E-state index contributed by atoms with van der Waals surface area (Å²) >= 11 is 0. The van der Waals surface area contributed by atoms with Crippen LogP contribution in [0.1, 0.15) is 22.0 Å². The molecule has 0 fully saturated rings. The van der Waals surface area contributed by atoms with E-state index in [-0.39, 0.29) is 11.7 Å². The number of ether oxygens (including phenoxy) is 1. The quantitative estimate of drug-likeness (QED) is 0.767. The Morgan fingerprint density at radius 3 is 2.92 bits per heavy atom. The van der Waals surface area contributed by atoms with E-state index in [1.165, 1.54) is 0 Å². The smallest absolute Gasteiger partial charge is 0.295 e. The molecule has 0 radical (unpaired) electrons. The van der Waals surface area contributed by atoms with Crippen LogP contribution in [0.2, 0.25) is 0 Å². The van der Waals surface area contributed by atoms with Crippen molar-refractivity contribution in [3.63, 3.8) is 0 Å². The van der Waals surface area contributed by atoms with Gasteiger partial charge in [0.05, 0.1) is 12.2 Å². The van der Waals surface area contributed by atoms with E-state index in [4.69, 9.17) is 4.74 Å². The van der Waals surface area contributed by atoms with Crippen LogP contribution in [-0.4, -0.2) is 45.7 Å². The van der Waals surface area contributed by atoms with Crippen molar-refractivity contribution in [2.75, 3.05) is 30.4 Å². The lowest BCUT2D eigenvalue weighted by Crippen LogP contribution is -2.28. The zero-order chi connectivity index (χ0) is 17.6. The third-order valence-electron chi connectivity index (χ3n) is 4.13. The molecule has 4 rings (SSSR count). The number of carbonyl (C=O) groups is 1. The Morgan fingerprint density at radius 1 is 1.24 bits per heavy atom. The SMILES string of the molecule is Cc1cc(C)n2nc(C(=O)Nc3ccc4c(c3)N(C)CCO4)nc2n1. The fourth-order valence-corrected chi connectivity index (χ4v) is 2.88. The van der Waals surface area contributed by atoms with E-state index < -0.39 is 0 Å². The van der Waals surface area contributed by atoms with Gasteiger partial charge in [0.15, 0.2) is 0 Å². The number of rotatable bonds is 2. The highest BCUT2D eigenvalue weighted by Gasteiger charge is 2.18. The highest BCUT2D eigenvalue weighted by molar-refractivity contribution is 6.02. The van der Waals surface area contributed by atoms with Gasteiger partial charge in [0.25, 0.3) is 11.7 Å². The van der Waals surface area contributed by atoms with E-state index in [1.54, 1.807) is 10.6 Å². The van der Waals surface area contributed by atoms with Gasteiger partial charge in [-0.25, -0.2) is 9.50 Å².